The van der Waals surface area contributed by atoms with Crippen LogP contribution in [0.4, 0.5) is 5.82 Å². The minimum Gasteiger partial charge on any atom is -0.382 e. The quantitative estimate of drug-likeness (QED) is 0.578. The number of aromatic nitrogens is 4. The van der Waals surface area contributed by atoms with Gasteiger partial charge in [0, 0.05) is 17.3 Å². The number of nitrogen functional groups attached to an aromatic ring is 1. The van der Waals surface area contributed by atoms with Crippen molar-refractivity contribution >= 4 is 5.82 Å². The van der Waals surface area contributed by atoms with Gasteiger partial charge in [0.15, 0.2) is 0 Å². The number of nitrogens with two attached hydrogens (primary N) is 1. The average Bonchev–Trinajstić information content (AvgIpc) is 2.58. The zero-order valence-corrected chi connectivity index (χ0v) is 6.63. The molecule has 0 bridgehead atoms. The first-order chi connectivity index (χ1) is 5.77. The average molecular weight is 163 g/mol. The van der Waals surface area contributed by atoms with Crippen molar-refractivity contribution in [2.75, 3.05) is 5.73 Å². The van der Waals surface area contributed by atoms with E-state index < -0.39 is 0 Å². The van der Waals surface area contributed by atoms with Gasteiger partial charge >= 0.3 is 0 Å². The van der Waals surface area contributed by atoms with Crippen LogP contribution in [0.2, 0.25) is 0 Å². The lowest BCUT2D eigenvalue weighted by atomic mass is 10.2. The topological polar surface area (TPSA) is 83.4 Å². The monoisotopic (exact) mass is 163 g/mol. The maximum atomic E-state index is 5.46. The van der Waals surface area contributed by atoms with Gasteiger partial charge in [-0.15, -0.1) is 0 Å². The number of anilines is 1. The molecule has 0 saturated heterocycles. The molecular formula is C7H9N5. The second-order valence-corrected chi connectivity index (χ2v) is 2.62. The van der Waals surface area contributed by atoms with Crippen LogP contribution in [-0.4, -0.2) is 20.4 Å². The van der Waals surface area contributed by atoms with Crippen molar-refractivity contribution in [3.63, 3.8) is 0 Å². The van der Waals surface area contributed by atoms with E-state index in [2.05, 4.69) is 20.4 Å². The number of nitrogens with zero attached hydrogens (tertiary/aromatic N) is 2. The van der Waals surface area contributed by atoms with E-state index in [-0.39, 0.29) is 0 Å². The van der Waals surface area contributed by atoms with Crippen LogP contribution < -0.4 is 5.73 Å². The fraction of sp³-hybridized carbons (Fsp3) is 0.143. The second kappa shape index (κ2) is 2.37. The minimum absolute atomic E-state index is 0.491. The van der Waals surface area contributed by atoms with Gasteiger partial charge in [-0.2, -0.15) is 10.2 Å². The number of H-pyrrole nitrogens is 2. The van der Waals surface area contributed by atoms with Gasteiger partial charge in [-0.3, -0.25) is 10.2 Å². The van der Waals surface area contributed by atoms with Gasteiger partial charge in [0.1, 0.15) is 5.82 Å². The van der Waals surface area contributed by atoms with E-state index >= 15 is 0 Å². The molecule has 12 heavy (non-hydrogen) atoms. The molecule has 0 aromatic carbocycles. The van der Waals surface area contributed by atoms with E-state index in [1.807, 2.05) is 6.92 Å². The summed E-state index contributed by atoms with van der Waals surface area (Å²) < 4.78 is 0. The summed E-state index contributed by atoms with van der Waals surface area (Å²) in [5, 5.41) is 13.4. The summed E-state index contributed by atoms with van der Waals surface area (Å²) >= 11 is 0. The van der Waals surface area contributed by atoms with Crippen molar-refractivity contribution in [3.8, 4) is 11.3 Å². The maximum Gasteiger partial charge on any atom is 0.145 e. The van der Waals surface area contributed by atoms with E-state index in [0.29, 0.717) is 5.82 Å². The Labute approximate surface area is 69.0 Å². The molecule has 0 aliphatic rings. The summed E-state index contributed by atoms with van der Waals surface area (Å²) in [6.45, 7) is 1.94. The van der Waals surface area contributed by atoms with E-state index in [4.69, 9.17) is 5.73 Å². The van der Waals surface area contributed by atoms with Crippen LogP contribution >= 0.6 is 0 Å². The Kier molecular flexibility index (Phi) is 1.36. The Morgan fingerprint density at radius 1 is 1.42 bits per heavy atom. The van der Waals surface area contributed by atoms with Crippen LogP contribution in [0, 0.1) is 6.92 Å². The van der Waals surface area contributed by atoms with Gasteiger partial charge in [-0.05, 0) is 6.92 Å². The summed E-state index contributed by atoms with van der Waals surface area (Å²) in [4.78, 5) is 0. The maximum absolute atomic E-state index is 5.46. The summed E-state index contributed by atoms with van der Waals surface area (Å²) in [6.07, 6.45) is 1.74. The molecule has 2 aromatic rings. The molecule has 5 nitrogen and oxygen atoms in total. The molecule has 4 N–H and O–H groups in total. The number of rotatable bonds is 1. The molecule has 0 amide bonds. The summed E-state index contributed by atoms with van der Waals surface area (Å²) in [7, 11) is 0. The number of aryl methyl sites for hydroxylation is 1. The molecule has 2 rings (SSSR count). The van der Waals surface area contributed by atoms with Crippen molar-refractivity contribution in [1.29, 1.82) is 0 Å². The van der Waals surface area contributed by atoms with Gasteiger partial charge in [-0.1, -0.05) is 0 Å². The van der Waals surface area contributed by atoms with Gasteiger partial charge in [0.05, 0.1) is 11.9 Å². The number of nitrogens with one attached hydrogen (secondary N) is 2. The van der Waals surface area contributed by atoms with E-state index in [0.717, 1.165) is 17.0 Å². The summed E-state index contributed by atoms with van der Waals surface area (Å²) in [5.74, 6) is 0.491. The Balaban J connectivity index is 2.50. The Hall–Kier alpha value is -1.78. The lowest BCUT2D eigenvalue weighted by molar-refractivity contribution is 1.05. The highest BCUT2D eigenvalue weighted by atomic mass is 15.2. The smallest absolute Gasteiger partial charge is 0.145 e. The Bertz CT molecular complexity index is 386. The zero-order chi connectivity index (χ0) is 8.55. The normalized spacial score (nSPS) is 10.4. The fourth-order valence-electron chi connectivity index (χ4n) is 1.10. The summed E-state index contributed by atoms with van der Waals surface area (Å²) in [5.41, 5.74) is 8.35. The molecule has 0 spiro atoms. The van der Waals surface area contributed by atoms with E-state index in [1.54, 1.807) is 12.3 Å². The molecule has 0 unspecified atom stereocenters. The standard InChI is InChI=1S/C7H9N5/c1-4-5(3-9-10-4)6-2-7(8)12-11-6/h2-3H,1H3,(H,9,10)(H3,8,11,12). The predicted molar refractivity (Wildman–Crippen MR) is 45.3 cm³/mol. The van der Waals surface area contributed by atoms with Gasteiger partial charge in [0.2, 0.25) is 0 Å². The lowest BCUT2D eigenvalue weighted by Gasteiger charge is -1.90. The number of hydrogen-bond acceptors (Lipinski definition) is 3. The predicted octanol–water partition coefficient (Wildman–Crippen LogP) is 0.690. The van der Waals surface area contributed by atoms with Crippen molar-refractivity contribution < 1.29 is 0 Å². The van der Waals surface area contributed by atoms with Crippen molar-refractivity contribution in [3.05, 3.63) is 18.0 Å². The highest BCUT2D eigenvalue weighted by molar-refractivity contribution is 5.63. The molecule has 2 heterocycles. The highest BCUT2D eigenvalue weighted by Crippen LogP contribution is 2.19. The molecule has 5 heteroatoms. The van der Waals surface area contributed by atoms with Crippen LogP contribution in [-0.2, 0) is 0 Å². The third kappa shape index (κ3) is 0.952. The summed E-state index contributed by atoms with van der Waals surface area (Å²) in [6, 6.07) is 1.78. The van der Waals surface area contributed by atoms with Crippen LogP contribution in [0.25, 0.3) is 11.3 Å². The van der Waals surface area contributed by atoms with Crippen molar-refractivity contribution in [1.82, 2.24) is 20.4 Å². The van der Waals surface area contributed by atoms with Crippen molar-refractivity contribution in [2.45, 2.75) is 6.92 Å². The molecule has 0 aliphatic heterocycles. The van der Waals surface area contributed by atoms with Crippen LogP contribution in [0.1, 0.15) is 5.69 Å². The number of aromatic amines is 2. The van der Waals surface area contributed by atoms with Crippen molar-refractivity contribution in [2.24, 2.45) is 0 Å². The van der Waals surface area contributed by atoms with E-state index in [9.17, 15) is 0 Å². The third-order valence-corrected chi connectivity index (χ3v) is 1.72. The second-order valence-electron chi connectivity index (χ2n) is 2.62. The Morgan fingerprint density at radius 2 is 2.25 bits per heavy atom. The zero-order valence-electron chi connectivity index (χ0n) is 6.63. The largest absolute Gasteiger partial charge is 0.382 e. The molecule has 0 saturated carbocycles. The minimum atomic E-state index is 0.491. The Morgan fingerprint density at radius 3 is 2.75 bits per heavy atom. The van der Waals surface area contributed by atoms with E-state index in [1.165, 1.54) is 0 Å². The first kappa shape index (κ1) is 6.90. The number of hydrogen-bond donors (Lipinski definition) is 3. The molecule has 2 aromatic heterocycles. The molecule has 0 atom stereocenters. The third-order valence-electron chi connectivity index (χ3n) is 1.72. The van der Waals surface area contributed by atoms with Gasteiger partial charge in [0.25, 0.3) is 0 Å². The molecule has 0 aliphatic carbocycles. The molecular weight excluding hydrogens is 154 g/mol. The van der Waals surface area contributed by atoms with Crippen LogP contribution in [0.15, 0.2) is 12.3 Å². The molecule has 62 valence electrons. The van der Waals surface area contributed by atoms with Crippen LogP contribution in [0.3, 0.4) is 0 Å². The first-order valence-corrected chi connectivity index (χ1v) is 3.58. The van der Waals surface area contributed by atoms with Gasteiger partial charge in [-0.25, -0.2) is 0 Å². The molecule has 0 fully saturated rings. The highest BCUT2D eigenvalue weighted by Gasteiger charge is 2.05. The lowest BCUT2D eigenvalue weighted by Crippen LogP contribution is -1.81. The molecule has 0 radical (unpaired) electrons. The first-order valence-electron chi connectivity index (χ1n) is 3.58. The van der Waals surface area contributed by atoms with Gasteiger partial charge < -0.3 is 5.73 Å². The van der Waals surface area contributed by atoms with Crippen LogP contribution in [0.5, 0.6) is 0 Å². The SMILES string of the molecule is Cc1[nH]ncc1-c1cc(N)n[nH]1. The fourth-order valence-corrected chi connectivity index (χ4v) is 1.10.